The number of hydrogen-bond acceptors (Lipinski definition) is 4. The molecule has 2 aromatic rings. The predicted molar refractivity (Wildman–Crippen MR) is 97.8 cm³/mol. The number of nitrogens with one attached hydrogen (secondary N) is 1. The summed E-state index contributed by atoms with van der Waals surface area (Å²) in [6, 6.07) is 5.23. The monoisotopic (exact) mass is 365 g/mol. The van der Waals surface area contributed by atoms with Crippen molar-refractivity contribution in [3.8, 4) is 11.5 Å². The normalized spacial score (nSPS) is 11.9. The third-order valence-corrected chi connectivity index (χ3v) is 4.18. The Bertz CT molecular complexity index is 758. The number of aryl methyl sites for hydroxylation is 2. The maximum atomic E-state index is 12.4. The minimum absolute atomic E-state index is 0.205. The summed E-state index contributed by atoms with van der Waals surface area (Å²) in [5.41, 5.74) is 2.54. The topological polar surface area (TPSA) is 65.4 Å². The molecular formula is C18H24ClN3O3. The van der Waals surface area contributed by atoms with Gasteiger partial charge in [-0.1, -0.05) is 18.5 Å². The van der Waals surface area contributed by atoms with Crippen molar-refractivity contribution < 1.29 is 14.3 Å². The molecule has 0 radical (unpaired) electrons. The summed E-state index contributed by atoms with van der Waals surface area (Å²) in [6.07, 6.45) is 0. The summed E-state index contributed by atoms with van der Waals surface area (Å²) in [5, 5.41) is 7.71. The zero-order chi connectivity index (χ0) is 18.6. The molecule has 0 unspecified atom stereocenters. The smallest absolute Gasteiger partial charge is 0.251 e. The third kappa shape index (κ3) is 4.66. The van der Waals surface area contributed by atoms with Crippen molar-refractivity contribution >= 4 is 17.5 Å². The quantitative estimate of drug-likeness (QED) is 0.818. The number of amides is 1. The van der Waals surface area contributed by atoms with E-state index in [0.29, 0.717) is 28.6 Å². The predicted octanol–water partition coefficient (Wildman–Crippen LogP) is 3.24. The van der Waals surface area contributed by atoms with E-state index in [1.807, 2.05) is 24.6 Å². The van der Waals surface area contributed by atoms with Gasteiger partial charge in [0.2, 0.25) is 0 Å². The summed E-state index contributed by atoms with van der Waals surface area (Å²) in [7, 11) is 3.01. The Morgan fingerprint density at radius 1 is 1.28 bits per heavy atom. The molecule has 1 aromatic heterocycles. The number of aromatic nitrogens is 2. The molecule has 0 saturated heterocycles. The molecule has 0 spiro atoms. The minimum Gasteiger partial charge on any atom is -0.493 e. The van der Waals surface area contributed by atoms with Crippen LogP contribution in [-0.2, 0) is 6.54 Å². The molecule has 7 heteroatoms. The highest BCUT2D eigenvalue weighted by Crippen LogP contribution is 2.35. The minimum atomic E-state index is -0.205. The Kier molecular flexibility index (Phi) is 6.31. The first-order chi connectivity index (χ1) is 11.8. The second-order valence-corrected chi connectivity index (χ2v) is 6.53. The van der Waals surface area contributed by atoms with Crippen LogP contribution < -0.4 is 14.8 Å². The van der Waals surface area contributed by atoms with Crippen LogP contribution in [0.2, 0.25) is 5.02 Å². The number of rotatable bonds is 7. The Hall–Kier alpha value is -2.21. The van der Waals surface area contributed by atoms with E-state index in [9.17, 15) is 4.79 Å². The Labute approximate surface area is 153 Å². The van der Waals surface area contributed by atoms with Crippen molar-refractivity contribution in [3.63, 3.8) is 0 Å². The molecule has 1 heterocycles. The fraction of sp³-hybridized carbons (Fsp3) is 0.444. The van der Waals surface area contributed by atoms with Gasteiger partial charge in [0.1, 0.15) is 0 Å². The molecule has 25 heavy (non-hydrogen) atoms. The zero-order valence-corrected chi connectivity index (χ0v) is 16.0. The molecule has 1 atom stereocenters. The summed E-state index contributed by atoms with van der Waals surface area (Å²) < 4.78 is 12.4. The lowest BCUT2D eigenvalue weighted by Crippen LogP contribution is -2.30. The SMILES string of the molecule is COc1cc(C(=O)NC[C@@H](C)Cn2nc(C)cc2C)cc(Cl)c1OC. The van der Waals surface area contributed by atoms with Gasteiger partial charge >= 0.3 is 0 Å². The van der Waals surface area contributed by atoms with Gasteiger partial charge < -0.3 is 14.8 Å². The Balaban J connectivity index is 2.00. The van der Waals surface area contributed by atoms with Gasteiger partial charge in [-0.25, -0.2) is 0 Å². The summed E-state index contributed by atoms with van der Waals surface area (Å²) in [6.45, 7) is 7.34. The van der Waals surface area contributed by atoms with Gasteiger partial charge in [0.05, 0.1) is 24.9 Å². The van der Waals surface area contributed by atoms with Crippen LogP contribution in [0.25, 0.3) is 0 Å². The van der Waals surface area contributed by atoms with Gasteiger partial charge in [-0.3, -0.25) is 9.48 Å². The van der Waals surface area contributed by atoms with Gasteiger partial charge in [-0.2, -0.15) is 5.10 Å². The van der Waals surface area contributed by atoms with Crippen LogP contribution >= 0.6 is 11.6 Å². The lowest BCUT2D eigenvalue weighted by molar-refractivity contribution is 0.0946. The first-order valence-corrected chi connectivity index (χ1v) is 8.44. The first kappa shape index (κ1) is 19.1. The molecule has 0 aliphatic rings. The molecule has 2 rings (SSSR count). The maximum Gasteiger partial charge on any atom is 0.251 e. The molecule has 6 nitrogen and oxygen atoms in total. The lowest BCUT2D eigenvalue weighted by atomic mass is 10.1. The summed E-state index contributed by atoms with van der Waals surface area (Å²) >= 11 is 6.15. The highest BCUT2D eigenvalue weighted by atomic mass is 35.5. The second kappa shape index (κ2) is 8.25. The molecule has 0 saturated carbocycles. The van der Waals surface area contributed by atoms with E-state index < -0.39 is 0 Å². The average Bonchev–Trinajstić information content (AvgIpc) is 2.88. The van der Waals surface area contributed by atoms with E-state index in [-0.39, 0.29) is 11.8 Å². The number of halogens is 1. The number of nitrogens with zero attached hydrogens (tertiary/aromatic N) is 2. The van der Waals surface area contributed by atoms with Crippen LogP contribution in [0.5, 0.6) is 11.5 Å². The first-order valence-electron chi connectivity index (χ1n) is 8.06. The Morgan fingerprint density at radius 2 is 2.00 bits per heavy atom. The number of methoxy groups -OCH3 is 2. The van der Waals surface area contributed by atoms with Crippen molar-refractivity contribution in [2.24, 2.45) is 5.92 Å². The number of benzene rings is 1. The van der Waals surface area contributed by atoms with E-state index in [0.717, 1.165) is 17.9 Å². The number of carbonyl (C=O) groups is 1. The highest BCUT2D eigenvalue weighted by Gasteiger charge is 2.16. The van der Waals surface area contributed by atoms with Crippen molar-refractivity contribution in [1.29, 1.82) is 0 Å². The fourth-order valence-electron chi connectivity index (χ4n) is 2.64. The number of hydrogen-bond donors (Lipinski definition) is 1. The molecule has 1 aromatic carbocycles. The van der Waals surface area contributed by atoms with E-state index in [1.54, 1.807) is 12.1 Å². The highest BCUT2D eigenvalue weighted by molar-refractivity contribution is 6.32. The average molecular weight is 366 g/mol. The van der Waals surface area contributed by atoms with Gasteiger partial charge in [0.15, 0.2) is 11.5 Å². The molecule has 1 N–H and O–H groups in total. The van der Waals surface area contributed by atoms with Gasteiger partial charge in [0.25, 0.3) is 5.91 Å². The third-order valence-electron chi connectivity index (χ3n) is 3.89. The fourth-order valence-corrected chi connectivity index (χ4v) is 2.93. The van der Waals surface area contributed by atoms with Gasteiger partial charge in [-0.05, 0) is 38.0 Å². The largest absolute Gasteiger partial charge is 0.493 e. The lowest BCUT2D eigenvalue weighted by Gasteiger charge is -2.15. The molecule has 1 amide bonds. The van der Waals surface area contributed by atoms with Gasteiger partial charge in [0, 0.05) is 24.3 Å². The van der Waals surface area contributed by atoms with Crippen molar-refractivity contribution in [1.82, 2.24) is 15.1 Å². The van der Waals surface area contributed by atoms with Crippen LogP contribution in [0.3, 0.4) is 0 Å². The number of carbonyl (C=O) groups excluding carboxylic acids is 1. The van der Waals surface area contributed by atoms with Gasteiger partial charge in [-0.15, -0.1) is 0 Å². The van der Waals surface area contributed by atoms with Crippen LogP contribution in [-0.4, -0.2) is 36.5 Å². The van der Waals surface area contributed by atoms with Crippen LogP contribution in [0.4, 0.5) is 0 Å². The Morgan fingerprint density at radius 3 is 2.56 bits per heavy atom. The number of ether oxygens (including phenoxy) is 2. The van der Waals surface area contributed by atoms with Crippen molar-refractivity contribution in [3.05, 3.63) is 40.2 Å². The van der Waals surface area contributed by atoms with Crippen molar-refractivity contribution in [2.75, 3.05) is 20.8 Å². The van der Waals surface area contributed by atoms with E-state index in [2.05, 4.69) is 17.3 Å². The van der Waals surface area contributed by atoms with Crippen molar-refractivity contribution in [2.45, 2.75) is 27.3 Å². The molecule has 136 valence electrons. The maximum absolute atomic E-state index is 12.4. The standard InChI is InChI=1S/C18H24ClN3O3/c1-11(10-22-13(3)6-12(2)21-22)9-20-18(23)14-7-15(19)17(25-5)16(8-14)24-4/h6-8,11H,9-10H2,1-5H3,(H,20,23)/t11-/m1/s1. The molecule has 0 fully saturated rings. The zero-order valence-electron chi connectivity index (χ0n) is 15.2. The molecule has 0 aliphatic heterocycles. The summed E-state index contributed by atoms with van der Waals surface area (Å²) in [5.74, 6) is 0.870. The van der Waals surface area contributed by atoms with E-state index >= 15 is 0 Å². The molecule has 0 bridgehead atoms. The van der Waals surface area contributed by atoms with E-state index in [4.69, 9.17) is 21.1 Å². The molecule has 0 aliphatic carbocycles. The second-order valence-electron chi connectivity index (χ2n) is 6.12. The molecular weight excluding hydrogens is 342 g/mol. The van der Waals surface area contributed by atoms with Crippen LogP contribution in [0.1, 0.15) is 28.7 Å². The van der Waals surface area contributed by atoms with E-state index in [1.165, 1.54) is 14.2 Å². The van der Waals surface area contributed by atoms with Crippen LogP contribution in [0, 0.1) is 19.8 Å². The summed E-state index contributed by atoms with van der Waals surface area (Å²) in [4.78, 5) is 12.4. The van der Waals surface area contributed by atoms with Crippen LogP contribution in [0.15, 0.2) is 18.2 Å².